The van der Waals surface area contributed by atoms with E-state index in [1.165, 1.54) is 21.5 Å². The van der Waals surface area contributed by atoms with Gasteiger partial charge in [-0.2, -0.15) is 0 Å². The van der Waals surface area contributed by atoms with Crippen molar-refractivity contribution in [1.82, 2.24) is 0 Å². The van der Waals surface area contributed by atoms with Gasteiger partial charge in [0.15, 0.2) is 0 Å². The van der Waals surface area contributed by atoms with E-state index in [1.54, 1.807) is 0 Å². The van der Waals surface area contributed by atoms with Crippen molar-refractivity contribution in [1.29, 1.82) is 0 Å². The summed E-state index contributed by atoms with van der Waals surface area (Å²) in [5.41, 5.74) is 0.192. The van der Waals surface area contributed by atoms with Crippen LogP contribution in [0.15, 0.2) is 54.6 Å². The summed E-state index contributed by atoms with van der Waals surface area (Å²) in [6, 6.07) is 19.3. The number of benzene rings is 2. The molecule has 0 fully saturated rings. The molecule has 0 saturated heterocycles. The Morgan fingerprint density at radius 2 is 1.17 bits per heavy atom. The molecular formula is C19H24Cl2NSiTi. The van der Waals surface area contributed by atoms with Crippen molar-refractivity contribution >= 4 is 30.5 Å². The van der Waals surface area contributed by atoms with Crippen molar-refractivity contribution in [2.45, 2.75) is 39.4 Å². The number of halogens is 2. The van der Waals surface area contributed by atoms with Crippen molar-refractivity contribution in [2.75, 3.05) is 0 Å². The molecule has 0 aromatic heterocycles. The second-order valence-corrected chi connectivity index (χ2v) is 8.67. The van der Waals surface area contributed by atoms with Crippen LogP contribution in [0.2, 0.25) is 13.1 Å². The molecule has 1 radical (unpaired) electrons. The Morgan fingerprint density at radius 3 is 1.46 bits per heavy atom. The molecule has 1 nitrogen and oxygen atoms in total. The van der Waals surface area contributed by atoms with Crippen molar-refractivity contribution in [3.8, 4) is 0 Å². The maximum Gasteiger partial charge on any atom is 4.00 e. The third-order valence-corrected chi connectivity index (χ3v) is 4.20. The van der Waals surface area contributed by atoms with Gasteiger partial charge < -0.3 is 29.8 Å². The van der Waals surface area contributed by atoms with Crippen LogP contribution < -0.4 is 24.8 Å². The minimum absolute atomic E-state index is 0. The molecule has 0 amide bonds. The Bertz CT molecular complexity index is 670. The van der Waals surface area contributed by atoms with Gasteiger partial charge in [0.05, 0.1) is 0 Å². The molecular weight excluding hydrogens is 389 g/mol. The molecule has 0 atom stereocenters. The van der Waals surface area contributed by atoms with Crippen LogP contribution in [-0.2, 0) is 21.7 Å². The molecule has 3 aromatic rings. The van der Waals surface area contributed by atoms with E-state index in [1.807, 2.05) is 0 Å². The van der Waals surface area contributed by atoms with Crippen LogP contribution in [0.3, 0.4) is 0 Å². The van der Waals surface area contributed by atoms with Gasteiger partial charge in [-0.1, -0.05) is 79.2 Å². The Balaban J connectivity index is 0. The van der Waals surface area contributed by atoms with Gasteiger partial charge >= 0.3 is 21.7 Å². The van der Waals surface area contributed by atoms with Crippen molar-refractivity contribution in [2.24, 2.45) is 0 Å². The van der Waals surface area contributed by atoms with Gasteiger partial charge in [-0.3, -0.25) is 0 Å². The molecule has 3 aromatic carbocycles. The zero-order chi connectivity index (χ0) is 15.5. The largest absolute Gasteiger partial charge is 4.00 e. The topological polar surface area (TPSA) is 14.1 Å². The quantitative estimate of drug-likeness (QED) is 0.398. The summed E-state index contributed by atoms with van der Waals surface area (Å²) in [5, 5.41) is 5.39. The first-order valence-electron chi connectivity index (χ1n) is 7.43. The molecule has 0 N–H and O–H groups in total. The number of rotatable bonds is 1. The number of hydrogen-bond acceptors (Lipinski definition) is 0. The number of nitrogens with zero attached hydrogens (tertiary/aromatic N) is 1. The minimum Gasteiger partial charge on any atom is -1.00 e. The Hall–Kier alpha value is -0.219. The summed E-state index contributed by atoms with van der Waals surface area (Å²) in [5.74, 6) is 0. The van der Waals surface area contributed by atoms with Crippen LogP contribution in [-0.4, -0.2) is 14.5 Å². The number of hydrogen-bond donors (Lipinski definition) is 0. The van der Waals surface area contributed by atoms with Gasteiger partial charge in [0, 0.05) is 0 Å². The summed E-state index contributed by atoms with van der Waals surface area (Å²) >= 11 is 0. The maximum absolute atomic E-state index is 4.51. The standard InChI is InChI=1S/C13H9.C6H15NSi.2ClH.Ti/c1-3-7-12-10(5-1)9-11-6-2-4-8-13(11)12;1-6(2,3)7-8(4)5;;;/h1-9H;1-5H3;2*1H;/q2*-1;;;+4/p-2. The monoisotopic (exact) mass is 412 g/mol. The smallest absolute Gasteiger partial charge is 1.00 e. The maximum atomic E-state index is 4.51. The predicted molar refractivity (Wildman–Crippen MR) is 97.6 cm³/mol. The Labute approximate surface area is 175 Å². The van der Waals surface area contributed by atoms with Gasteiger partial charge in [-0.15, -0.1) is 45.3 Å². The van der Waals surface area contributed by atoms with Crippen LogP contribution in [0.4, 0.5) is 0 Å². The van der Waals surface area contributed by atoms with Crippen LogP contribution in [0.5, 0.6) is 0 Å². The van der Waals surface area contributed by atoms with Crippen molar-refractivity contribution < 1.29 is 46.5 Å². The van der Waals surface area contributed by atoms with Crippen LogP contribution >= 0.6 is 0 Å². The van der Waals surface area contributed by atoms with Crippen LogP contribution in [0.1, 0.15) is 20.8 Å². The van der Waals surface area contributed by atoms with Gasteiger partial charge in [-0.25, -0.2) is 0 Å². The third kappa shape index (κ3) is 7.78. The molecule has 0 saturated carbocycles. The average molecular weight is 413 g/mol. The van der Waals surface area contributed by atoms with Crippen LogP contribution in [0.25, 0.3) is 26.5 Å². The average Bonchev–Trinajstić information content (AvgIpc) is 2.75. The fourth-order valence-corrected chi connectivity index (χ4v) is 3.92. The second kappa shape index (κ2) is 11.4. The molecule has 0 heterocycles. The van der Waals surface area contributed by atoms with E-state index in [9.17, 15) is 0 Å². The first-order valence-corrected chi connectivity index (χ1v) is 9.88. The summed E-state index contributed by atoms with van der Waals surface area (Å²) in [6.07, 6.45) is 0. The Kier molecular flexibility index (Phi) is 12.4. The molecule has 0 bridgehead atoms. The zero-order valence-corrected chi connectivity index (χ0v) is 19.0. The van der Waals surface area contributed by atoms with Crippen molar-refractivity contribution in [3.05, 3.63) is 59.6 Å². The SMILES string of the molecule is C[Si](C)[N-]C(C)(C)C.[Cl-].[Cl-].[Ti+4].c1ccc2c(c1)[cH-]c1ccccc12. The molecule has 0 aliphatic rings. The van der Waals surface area contributed by atoms with Gasteiger partial charge in [0.1, 0.15) is 0 Å². The van der Waals surface area contributed by atoms with E-state index in [2.05, 4.69) is 93.4 Å². The fourth-order valence-electron chi connectivity index (χ4n) is 2.57. The molecule has 127 valence electrons. The van der Waals surface area contributed by atoms with Crippen molar-refractivity contribution in [3.63, 3.8) is 0 Å². The third-order valence-electron chi connectivity index (χ3n) is 3.08. The van der Waals surface area contributed by atoms with E-state index in [-0.39, 0.29) is 61.0 Å². The molecule has 0 aliphatic carbocycles. The molecule has 0 aliphatic heterocycles. The fraction of sp³-hybridized carbons (Fsp3) is 0.316. The van der Waals surface area contributed by atoms with E-state index < -0.39 is 0 Å². The van der Waals surface area contributed by atoms with Gasteiger partial charge in [-0.05, 0) is 0 Å². The zero-order valence-electron chi connectivity index (χ0n) is 14.9. The summed E-state index contributed by atoms with van der Waals surface area (Å²) in [7, 11) is -0.367. The first-order chi connectivity index (χ1) is 9.87. The molecule has 24 heavy (non-hydrogen) atoms. The first kappa shape index (κ1) is 26.0. The number of fused-ring (bicyclic) bond motifs is 3. The minimum atomic E-state index is -0.367. The summed E-state index contributed by atoms with van der Waals surface area (Å²) < 4.78 is 0. The molecule has 5 heteroatoms. The van der Waals surface area contributed by atoms with Gasteiger partial charge in [0.25, 0.3) is 0 Å². The summed E-state index contributed by atoms with van der Waals surface area (Å²) in [6.45, 7) is 10.8. The summed E-state index contributed by atoms with van der Waals surface area (Å²) in [4.78, 5) is 4.51. The predicted octanol–water partition coefficient (Wildman–Crippen LogP) is 0.127. The van der Waals surface area contributed by atoms with E-state index >= 15 is 0 Å². The van der Waals surface area contributed by atoms with Gasteiger partial charge in [0.2, 0.25) is 0 Å². The second-order valence-electron chi connectivity index (χ2n) is 6.55. The molecule has 3 rings (SSSR count). The Morgan fingerprint density at radius 1 is 0.792 bits per heavy atom. The van der Waals surface area contributed by atoms with E-state index in [0.717, 1.165) is 0 Å². The molecule has 0 spiro atoms. The van der Waals surface area contributed by atoms with E-state index in [0.29, 0.717) is 0 Å². The van der Waals surface area contributed by atoms with E-state index in [4.69, 9.17) is 0 Å². The van der Waals surface area contributed by atoms with Crippen LogP contribution in [0, 0.1) is 0 Å². The molecule has 0 unspecified atom stereocenters. The normalized spacial score (nSPS) is 10.2.